The Morgan fingerprint density at radius 1 is 0.947 bits per heavy atom. The summed E-state index contributed by atoms with van der Waals surface area (Å²) in [5.74, 6) is -0.369. The number of nitrogens with zero attached hydrogens (tertiary/aromatic N) is 3. The van der Waals surface area contributed by atoms with E-state index in [1.54, 1.807) is 29.8 Å². The van der Waals surface area contributed by atoms with E-state index in [-0.39, 0.29) is 17.2 Å². The molecule has 190 valence electrons. The lowest BCUT2D eigenvalue weighted by molar-refractivity contribution is 0.0932. The van der Waals surface area contributed by atoms with Gasteiger partial charge in [0, 0.05) is 16.9 Å². The van der Waals surface area contributed by atoms with E-state index in [1.807, 2.05) is 74.5 Å². The topological polar surface area (TPSA) is 76.9 Å². The molecule has 0 aliphatic carbocycles. The molecular weight excluding hydrogens is 496 g/mol. The highest BCUT2D eigenvalue weighted by atomic mass is 35.5. The molecule has 0 aliphatic heterocycles. The highest BCUT2D eigenvalue weighted by Gasteiger charge is 2.22. The van der Waals surface area contributed by atoms with Crippen molar-refractivity contribution in [3.8, 4) is 16.9 Å². The Balaban J connectivity index is 1.55. The fraction of sp³-hybridized carbons (Fsp3) is 0.161. The molecule has 7 heteroatoms. The summed E-state index contributed by atoms with van der Waals surface area (Å²) in [4.78, 5) is 36.3. The van der Waals surface area contributed by atoms with Crippen molar-refractivity contribution < 1.29 is 4.79 Å². The number of pyridine rings is 1. The lowest BCUT2D eigenvalue weighted by Gasteiger charge is -2.21. The first-order valence-electron chi connectivity index (χ1n) is 12.4. The number of halogens is 1. The maximum absolute atomic E-state index is 13.7. The fourth-order valence-electron chi connectivity index (χ4n) is 4.54. The van der Waals surface area contributed by atoms with Gasteiger partial charge < -0.3 is 5.32 Å². The summed E-state index contributed by atoms with van der Waals surface area (Å²) in [5.41, 5.74) is 5.66. The largest absolute Gasteiger partial charge is 0.343 e. The molecular formula is C31H27ClN4O2. The van der Waals surface area contributed by atoms with E-state index >= 15 is 0 Å². The summed E-state index contributed by atoms with van der Waals surface area (Å²) in [7, 11) is 0. The molecule has 5 aromatic rings. The molecule has 0 unspecified atom stereocenters. The van der Waals surface area contributed by atoms with Gasteiger partial charge in [-0.15, -0.1) is 0 Å². The predicted octanol–water partition coefficient (Wildman–Crippen LogP) is 6.52. The van der Waals surface area contributed by atoms with E-state index < -0.39 is 6.04 Å². The maximum Gasteiger partial charge on any atom is 0.272 e. The molecule has 2 heterocycles. The molecule has 0 saturated carbocycles. The van der Waals surface area contributed by atoms with E-state index in [1.165, 1.54) is 5.56 Å². The minimum absolute atomic E-state index is 0.241. The summed E-state index contributed by atoms with van der Waals surface area (Å²) in [6, 6.07) is 22.1. The lowest BCUT2D eigenvalue weighted by Crippen LogP contribution is -2.33. The SMILES string of the molecule is Cc1ccc(-c2cnc(C)c(C(=O)N[C@@H](C)c3cc4cccc(Cl)c4c(=O)n3-c3ccccc3)n2)cc1C. The Morgan fingerprint density at radius 3 is 2.45 bits per heavy atom. The molecule has 1 amide bonds. The van der Waals surface area contributed by atoms with Gasteiger partial charge in [0.1, 0.15) is 5.69 Å². The van der Waals surface area contributed by atoms with E-state index in [2.05, 4.69) is 22.2 Å². The number of fused-ring (bicyclic) bond motifs is 1. The van der Waals surface area contributed by atoms with Gasteiger partial charge in [0.25, 0.3) is 11.5 Å². The van der Waals surface area contributed by atoms with Crippen LogP contribution in [0.15, 0.2) is 83.8 Å². The van der Waals surface area contributed by atoms with E-state index in [0.717, 1.165) is 11.1 Å². The van der Waals surface area contributed by atoms with Gasteiger partial charge in [0.15, 0.2) is 0 Å². The predicted molar refractivity (Wildman–Crippen MR) is 152 cm³/mol. The van der Waals surface area contributed by atoms with Crippen LogP contribution in [0.25, 0.3) is 27.7 Å². The van der Waals surface area contributed by atoms with Crippen molar-refractivity contribution in [1.29, 1.82) is 0 Å². The fourth-order valence-corrected chi connectivity index (χ4v) is 4.81. The summed E-state index contributed by atoms with van der Waals surface area (Å²) >= 11 is 6.42. The first kappa shape index (κ1) is 25.4. The monoisotopic (exact) mass is 522 g/mol. The van der Waals surface area contributed by atoms with Crippen LogP contribution in [0.1, 0.15) is 46.0 Å². The third-order valence-corrected chi connectivity index (χ3v) is 7.12. The van der Waals surface area contributed by atoms with Gasteiger partial charge in [-0.05, 0) is 74.5 Å². The van der Waals surface area contributed by atoms with Crippen LogP contribution in [0.2, 0.25) is 5.02 Å². The van der Waals surface area contributed by atoms with Gasteiger partial charge in [0.05, 0.1) is 34.0 Å². The number of hydrogen-bond donors (Lipinski definition) is 1. The number of amides is 1. The second-order valence-electron chi connectivity index (χ2n) is 9.43. The van der Waals surface area contributed by atoms with Gasteiger partial charge >= 0.3 is 0 Å². The Bertz CT molecular complexity index is 1750. The first-order valence-corrected chi connectivity index (χ1v) is 12.7. The highest BCUT2D eigenvalue weighted by molar-refractivity contribution is 6.35. The Morgan fingerprint density at radius 2 is 1.71 bits per heavy atom. The van der Waals surface area contributed by atoms with Crippen molar-refractivity contribution in [3.05, 3.63) is 123 Å². The van der Waals surface area contributed by atoms with Gasteiger partial charge in [-0.25, -0.2) is 4.98 Å². The number of aromatic nitrogens is 3. The van der Waals surface area contributed by atoms with Crippen LogP contribution in [0.5, 0.6) is 0 Å². The Labute approximate surface area is 226 Å². The molecule has 0 fully saturated rings. The summed E-state index contributed by atoms with van der Waals surface area (Å²) in [5, 5.41) is 4.56. The molecule has 0 aliphatic rings. The number of nitrogens with one attached hydrogen (secondary N) is 1. The van der Waals surface area contributed by atoms with Crippen molar-refractivity contribution in [2.45, 2.75) is 33.7 Å². The zero-order chi connectivity index (χ0) is 27.0. The van der Waals surface area contributed by atoms with Crippen molar-refractivity contribution in [1.82, 2.24) is 19.9 Å². The first-order chi connectivity index (χ1) is 18.2. The Kier molecular flexibility index (Phi) is 6.83. The van der Waals surface area contributed by atoms with Gasteiger partial charge in [-0.1, -0.05) is 54.1 Å². The molecule has 0 spiro atoms. The third-order valence-electron chi connectivity index (χ3n) is 6.80. The molecule has 0 saturated heterocycles. The zero-order valence-corrected chi connectivity index (χ0v) is 22.4. The average Bonchev–Trinajstić information content (AvgIpc) is 2.90. The minimum Gasteiger partial charge on any atom is -0.343 e. The molecule has 2 aromatic heterocycles. The maximum atomic E-state index is 13.7. The average molecular weight is 523 g/mol. The van der Waals surface area contributed by atoms with Crippen LogP contribution in [0, 0.1) is 20.8 Å². The summed E-state index contributed by atoms with van der Waals surface area (Å²) in [6.45, 7) is 7.70. The van der Waals surface area contributed by atoms with E-state index in [0.29, 0.717) is 38.6 Å². The van der Waals surface area contributed by atoms with Crippen LogP contribution in [-0.4, -0.2) is 20.4 Å². The van der Waals surface area contributed by atoms with Gasteiger partial charge in [-0.3, -0.25) is 19.1 Å². The van der Waals surface area contributed by atoms with Gasteiger partial charge in [0.2, 0.25) is 0 Å². The normalized spacial score (nSPS) is 11.9. The molecule has 3 aromatic carbocycles. The number of benzene rings is 3. The molecule has 1 atom stereocenters. The molecule has 5 rings (SSSR count). The molecule has 0 bridgehead atoms. The molecule has 38 heavy (non-hydrogen) atoms. The molecule has 0 radical (unpaired) electrons. The highest BCUT2D eigenvalue weighted by Crippen LogP contribution is 2.26. The second kappa shape index (κ2) is 10.2. The standard InChI is InChI=1S/C31H27ClN4O2/c1-18-13-14-22(15-19(18)2)26-17-33-21(4)29(35-26)30(37)34-20(3)27-16-23-9-8-12-25(32)28(23)31(38)36(27)24-10-6-5-7-11-24/h5-17,20H,1-4H3,(H,34,37)/t20-/m0/s1. The quantitative estimate of drug-likeness (QED) is 0.285. The van der Waals surface area contributed by atoms with Crippen molar-refractivity contribution in [2.75, 3.05) is 0 Å². The molecule has 1 N–H and O–H groups in total. The van der Waals surface area contributed by atoms with Crippen molar-refractivity contribution in [3.63, 3.8) is 0 Å². The number of rotatable bonds is 5. The minimum atomic E-state index is -0.523. The molecule has 6 nitrogen and oxygen atoms in total. The number of hydrogen-bond acceptors (Lipinski definition) is 4. The number of carbonyl (C=O) groups is 1. The van der Waals surface area contributed by atoms with Crippen LogP contribution in [-0.2, 0) is 0 Å². The van der Waals surface area contributed by atoms with Gasteiger partial charge in [-0.2, -0.15) is 0 Å². The van der Waals surface area contributed by atoms with Crippen molar-refractivity contribution >= 4 is 28.3 Å². The number of aryl methyl sites for hydroxylation is 3. The second-order valence-corrected chi connectivity index (χ2v) is 9.84. The van der Waals surface area contributed by atoms with Crippen LogP contribution < -0.4 is 10.9 Å². The van der Waals surface area contributed by atoms with E-state index in [9.17, 15) is 9.59 Å². The third kappa shape index (κ3) is 4.71. The summed E-state index contributed by atoms with van der Waals surface area (Å²) in [6.07, 6.45) is 1.68. The zero-order valence-electron chi connectivity index (χ0n) is 21.6. The Hall–Kier alpha value is -4.29. The van der Waals surface area contributed by atoms with Crippen LogP contribution >= 0.6 is 11.6 Å². The number of para-hydroxylation sites is 1. The van der Waals surface area contributed by atoms with E-state index in [4.69, 9.17) is 11.6 Å². The summed E-state index contributed by atoms with van der Waals surface area (Å²) < 4.78 is 1.60. The number of carbonyl (C=O) groups excluding carboxylic acids is 1. The van der Waals surface area contributed by atoms with Crippen molar-refractivity contribution in [2.24, 2.45) is 0 Å². The smallest absolute Gasteiger partial charge is 0.272 e. The van der Waals surface area contributed by atoms with Crippen LogP contribution in [0.3, 0.4) is 0 Å². The lowest BCUT2D eigenvalue weighted by atomic mass is 10.0. The van der Waals surface area contributed by atoms with Crippen LogP contribution in [0.4, 0.5) is 0 Å².